The Morgan fingerprint density at radius 1 is 1.19 bits per heavy atom. The summed E-state index contributed by atoms with van der Waals surface area (Å²) in [6.45, 7) is 3.29. The van der Waals surface area contributed by atoms with Crippen LogP contribution in [0.15, 0.2) is 18.2 Å². The third-order valence-corrected chi connectivity index (χ3v) is 7.75. The maximum absolute atomic E-state index is 12.9. The average Bonchev–Trinajstić information content (AvgIpc) is 2.66. The fraction of sp³-hybridized carbons (Fsp3) is 0.652. The first kappa shape index (κ1) is 22.4. The minimum Gasteiger partial charge on any atom is -0.353 e. The molecule has 0 radical (unpaired) electrons. The van der Waals surface area contributed by atoms with E-state index < -0.39 is 11.7 Å². The van der Waals surface area contributed by atoms with Crippen LogP contribution in [0.4, 0.5) is 13.2 Å². The number of alkyl halides is 3. The minimum atomic E-state index is -4.43. The van der Waals surface area contributed by atoms with Crippen LogP contribution in [-0.2, 0) is 15.8 Å². The molecular formula is C23H28ClF3N2O2. The molecule has 1 saturated heterocycles. The van der Waals surface area contributed by atoms with Gasteiger partial charge in [-0.1, -0.05) is 24.6 Å². The van der Waals surface area contributed by atoms with Crippen molar-refractivity contribution in [3.8, 4) is 0 Å². The normalized spacial score (nSPS) is 25.6. The first-order valence-electron chi connectivity index (χ1n) is 11.0. The van der Waals surface area contributed by atoms with Crippen LogP contribution in [0.5, 0.6) is 0 Å². The van der Waals surface area contributed by atoms with Crippen molar-refractivity contribution in [2.75, 3.05) is 13.1 Å². The van der Waals surface area contributed by atoms with Crippen molar-refractivity contribution in [1.29, 1.82) is 0 Å². The van der Waals surface area contributed by atoms with Gasteiger partial charge >= 0.3 is 6.18 Å². The number of rotatable bonds is 4. The van der Waals surface area contributed by atoms with Gasteiger partial charge in [0.1, 0.15) is 0 Å². The summed E-state index contributed by atoms with van der Waals surface area (Å²) in [6, 6.07) is 4.22. The molecule has 2 amide bonds. The number of hydrogen-bond donors (Lipinski definition) is 1. The third kappa shape index (κ3) is 4.57. The van der Waals surface area contributed by atoms with E-state index in [1.54, 1.807) is 6.07 Å². The molecule has 4 rings (SSSR count). The second-order valence-corrected chi connectivity index (χ2v) is 9.86. The number of hydrogen-bond acceptors (Lipinski definition) is 2. The fourth-order valence-electron chi connectivity index (χ4n) is 5.37. The zero-order valence-electron chi connectivity index (χ0n) is 17.6. The lowest BCUT2D eigenvalue weighted by Crippen LogP contribution is -2.53. The van der Waals surface area contributed by atoms with Crippen molar-refractivity contribution in [2.24, 2.45) is 11.3 Å². The first-order valence-corrected chi connectivity index (χ1v) is 11.4. The standard InChI is InChI=1S/C23H28ClF3N2O2/c1-2-20(30)28-17-9-15(10-17)21(31)29-7-5-22(6-8-29)12-16(13-22)14-3-4-18(19(24)11-14)23(25,26)27/h3-4,11,15-17H,2,5-10,12-13H2,1H3,(H,28,30)/t15-,17+. The maximum atomic E-state index is 12.9. The Balaban J connectivity index is 1.25. The lowest BCUT2D eigenvalue weighted by atomic mass is 9.56. The van der Waals surface area contributed by atoms with Gasteiger partial charge in [0.2, 0.25) is 11.8 Å². The minimum absolute atomic E-state index is 0.0136. The number of piperidine rings is 1. The average molecular weight is 457 g/mol. The molecule has 1 heterocycles. The molecule has 2 aliphatic carbocycles. The number of amides is 2. The smallest absolute Gasteiger partial charge is 0.353 e. The summed E-state index contributed by atoms with van der Waals surface area (Å²) in [4.78, 5) is 26.1. The largest absolute Gasteiger partial charge is 0.417 e. The van der Waals surface area contributed by atoms with E-state index in [1.807, 2.05) is 11.8 Å². The molecule has 8 heteroatoms. The Morgan fingerprint density at radius 3 is 2.39 bits per heavy atom. The van der Waals surface area contributed by atoms with Gasteiger partial charge in [0.15, 0.2) is 0 Å². The van der Waals surface area contributed by atoms with Crippen molar-refractivity contribution in [3.05, 3.63) is 34.3 Å². The summed E-state index contributed by atoms with van der Waals surface area (Å²) in [5, 5.41) is 2.70. The quantitative estimate of drug-likeness (QED) is 0.681. The first-order chi connectivity index (χ1) is 14.6. The number of benzene rings is 1. The van der Waals surface area contributed by atoms with Crippen LogP contribution in [0.2, 0.25) is 5.02 Å². The predicted molar refractivity (Wildman–Crippen MR) is 112 cm³/mol. The van der Waals surface area contributed by atoms with E-state index in [4.69, 9.17) is 11.6 Å². The number of halogens is 4. The van der Waals surface area contributed by atoms with E-state index in [1.165, 1.54) is 6.07 Å². The number of nitrogens with zero attached hydrogens (tertiary/aromatic N) is 1. The molecule has 2 saturated carbocycles. The van der Waals surface area contributed by atoms with Crippen molar-refractivity contribution in [2.45, 2.75) is 70.0 Å². The number of nitrogens with one attached hydrogen (secondary N) is 1. The molecule has 1 aromatic rings. The third-order valence-electron chi connectivity index (χ3n) is 7.44. The summed E-state index contributed by atoms with van der Waals surface area (Å²) in [6.07, 6.45) is 1.22. The monoisotopic (exact) mass is 456 g/mol. The van der Waals surface area contributed by atoms with Gasteiger partial charge in [0.05, 0.1) is 10.6 Å². The fourth-order valence-corrected chi connectivity index (χ4v) is 5.67. The summed E-state index contributed by atoms with van der Waals surface area (Å²) in [5.74, 6) is 0.475. The van der Waals surface area contributed by atoms with Crippen molar-refractivity contribution in [3.63, 3.8) is 0 Å². The number of carbonyl (C=O) groups excluding carboxylic acids is 2. The molecule has 4 nitrogen and oxygen atoms in total. The number of likely N-dealkylation sites (tertiary alicyclic amines) is 1. The zero-order chi connectivity index (χ0) is 22.4. The molecule has 3 fully saturated rings. The van der Waals surface area contributed by atoms with Crippen LogP contribution in [0.25, 0.3) is 0 Å². The Morgan fingerprint density at radius 2 is 1.84 bits per heavy atom. The molecule has 1 aliphatic heterocycles. The SMILES string of the molecule is CCC(=O)N[C@H]1C[C@@H](C(=O)N2CCC3(CC2)CC(c2ccc(C(F)(F)F)c(Cl)c2)C3)C1. The zero-order valence-corrected chi connectivity index (χ0v) is 18.4. The molecular weight excluding hydrogens is 429 g/mol. The van der Waals surface area contributed by atoms with E-state index >= 15 is 0 Å². The van der Waals surface area contributed by atoms with Crippen LogP contribution < -0.4 is 5.32 Å². The molecule has 170 valence electrons. The molecule has 31 heavy (non-hydrogen) atoms. The van der Waals surface area contributed by atoms with Gasteiger partial charge in [-0.15, -0.1) is 0 Å². The van der Waals surface area contributed by atoms with Crippen LogP contribution in [-0.4, -0.2) is 35.8 Å². The molecule has 1 N–H and O–H groups in total. The maximum Gasteiger partial charge on any atom is 0.417 e. The lowest BCUT2D eigenvalue weighted by Gasteiger charge is -2.53. The Labute approximate surface area is 185 Å². The van der Waals surface area contributed by atoms with Gasteiger partial charge in [-0.05, 0) is 67.6 Å². The van der Waals surface area contributed by atoms with Gasteiger partial charge in [0.25, 0.3) is 0 Å². The Kier molecular flexibility index (Phi) is 6.01. The highest BCUT2D eigenvalue weighted by molar-refractivity contribution is 6.31. The van der Waals surface area contributed by atoms with Crippen molar-refractivity contribution < 1.29 is 22.8 Å². The second kappa shape index (κ2) is 8.30. The van der Waals surface area contributed by atoms with Gasteiger partial charge in [-0.25, -0.2) is 0 Å². The summed E-state index contributed by atoms with van der Waals surface area (Å²) >= 11 is 5.88. The van der Waals surface area contributed by atoms with Gasteiger partial charge in [0, 0.05) is 31.5 Å². The number of carbonyl (C=O) groups is 2. The van der Waals surface area contributed by atoms with E-state index in [9.17, 15) is 22.8 Å². The van der Waals surface area contributed by atoms with Crippen LogP contribution in [0, 0.1) is 11.3 Å². The van der Waals surface area contributed by atoms with Crippen molar-refractivity contribution in [1.82, 2.24) is 10.2 Å². The van der Waals surface area contributed by atoms with E-state index in [0.717, 1.165) is 63.2 Å². The van der Waals surface area contributed by atoms with Crippen LogP contribution in [0.1, 0.15) is 68.9 Å². The summed E-state index contributed by atoms with van der Waals surface area (Å²) in [5.41, 5.74) is 0.275. The highest BCUT2D eigenvalue weighted by atomic mass is 35.5. The lowest BCUT2D eigenvalue weighted by molar-refractivity contribution is -0.143. The highest BCUT2D eigenvalue weighted by Crippen LogP contribution is 2.57. The van der Waals surface area contributed by atoms with E-state index in [2.05, 4.69) is 5.32 Å². The van der Waals surface area contributed by atoms with Crippen LogP contribution in [0.3, 0.4) is 0 Å². The highest BCUT2D eigenvalue weighted by Gasteiger charge is 2.48. The second-order valence-electron chi connectivity index (χ2n) is 9.45. The molecule has 3 aliphatic rings. The van der Waals surface area contributed by atoms with Gasteiger partial charge in [-0.3, -0.25) is 9.59 Å². The van der Waals surface area contributed by atoms with Crippen LogP contribution >= 0.6 is 11.6 Å². The summed E-state index contributed by atoms with van der Waals surface area (Å²) in [7, 11) is 0. The van der Waals surface area contributed by atoms with Gasteiger partial charge < -0.3 is 10.2 Å². The Hall–Kier alpha value is -1.76. The molecule has 0 atom stereocenters. The molecule has 0 bridgehead atoms. The predicted octanol–water partition coefficient (Wildman–Crippen LogP) is 5.15. The topological polar surface area (TPSA) is 49.4 Å². The van der Waals surface area contributed by atoms with E-state index in [-0.39, 0.29) is 40.1 Å². The van der Waals surface area contributed by atoms with Gasteiger partial charge in [-0.2, -0.15) is 13.2 Å². The van der Waals surface area contributed by atoms with Crippen molar-refractivity contribution >= 4 is 23.4 Å². The molecule has 1 aromatic carbocycles. The molecule has 1 spiro atoms. The van der Waals surface area contributed by atoms with E-state index in [0.29, 0.717) is 6.42 Å². The Bertz CT molecular complexity index is 851. The molecule has 0 aromatic heterocycles. The molecule has 0 unspecified atom stereocenters. The summed E-state index contributed by atoms with van der Waals surface area (Å²) < 4.78 is 38.7.